The van der Waals surface area contributed by atoms with Gasteiger partial charge in [0.15, 0.2) is 0 Å². The maximum atomic E-state index is 12.8. The van der Waals surface area contributed by atoms with Gasteiger partial charge in [-0.05, 0) is 25.2 Å². The van der Waals surface area contributed by atoms with Crippen LogP contribution in [-0.4, -0.2) is 48.6 Å². The number of hydrogen-bond acceptors (Lipinski definition) is 3. The van der Waals surface area contributed by atoms with Crippen molar-refractivity contribution in [2.45, 2.75) is 57.0 Å². The number of rotatable bonds is 2. The van der Waals surface area contributed by atoms with Crippen LogP contribution < -0.4 is 5.32 Å². The highest BCUT2D eigenvalue weighted by Gasteiger charge is 2.39. The summed E-state index contributed by atoms with van der Waals surface area (Å²) in [6.45, 7) is 1.89. The molecular formula is C15H24N2O3. The van der Waals surface area contributed by atoms with E-state index in [1.54, 1.807) is 0 Å². The van der Waals surface area contributed by atoms with Gasteiger partial charge in [0.2, 0.25) is 11.8 Å². The molecule has 2 amide bonds. The van der Waals surface area contributed by atoms with Crippen LogP contribution >= 0.6 is 0 Å². The first-order valence-corrected chi connectivity index (χ1v) is 7.93. The van der Waals surface area contributed by atoms with Gasteiger partial charge in [0.05, 0.1) is 12.6 Å². The van der Waals surface area contributed by atoms with Gasteiger partial charge in [-0.1, -0.05) is 19.3 Å². The van der Waals surface area contributed by atoms with Crippen molar-refractivity contribution in [2.24, 2.45) is 5.92 Å². The molecule has 5 nitrogen and oxygen atoms in total. The van der Waals surface area contributed by atoms with Crippen molar-refractivity contribution in [1.29, 1.82) is 0 Å². The van der Waals surface area contributed by atoms with E-state index in [2.05, 4.69) is 5.32 Å². The van der Waals surface area contributed by atoms with Gasteiger partial charge in [0, 0.05) is 19.6 Å². The van der Waals surface area contributed by atoms with Gasteiger partial charge in [0.1, 0.15) is 6.04 Å². The first-order chi connectivity index (χ1) is 9.75. The molecule has 3 aliphatic rings. The van der Waals surface area contributed by atoms with E-state index in [1.165, 1.54) is 19.3 Å². The Morgan fingerprint density at radius 1 is 1.10 bits per heavy atom. The second kappa shape index (κ2) is 6.12. The van der Waals surface area contributed by atoms with E-state index >= 15 is 0 Å². The Morgan fingerprint density at radius 3 is 2.60 bits per heavy atom. The number of ether oxygens (including phenoxy) is 1. The zero-order chi connectivity index (χ0) is 13.9. The molecule has 2 heterocycles. The summed E-state index contributed by atoms with van der Waals surface area (Å²) in [5.41, 5.74) is 0. The number of nitrogens with zero attached hydrogens (tertiary/aromatic N) is 1. The zero-order valence-electron chi connectivity index (χ0n) is 12.0. The predicted molar refractivity (Wildman–Crippen MR) is 74.1 cm³/mol. The summed E-state index contributed by atoms with van der Waals surface area (Å²) >= 11 is 0. The van der Waals surface area contributed by atoms with E-state index in [0.29, 0.717) is 25.5 Å². The highest BCUT2D eigenvalue weighted by molar-refractivity contribution is 5.90. The zero-order valence-corrected chi connectivity index (χ0v) is 12.0. The van der Waals surface area contributed by atoms with Gasteiger partial charge in [0.25, 0.3) is 0 Å². The minimum Gasteiger partial charge on any atom is -0.379 e. The standard InChI is InChI=1S/C15H24N2O3/c18-13-6-8-17(12-7-9-20-10-12)15(19)14(16-13)11-4-2-1-3-5-11/h11-12,14H,1-10H2,(H,16,18). The molecule has 20 heavy (non-hydrogen) atoms. The molecule has 3 fully saturated rings. The van der Waals surface area contributed by atoms with E-state index in [-0.39, 0.29) is 23.9 Å². The molecule has 0 aromatic rings. The summed E-state index contributed by atoms with van der Waals surface area (Å²) in [6.07, 6.45) is 7.05. The van der Waals surface area contributed by atoms with Crippen molar-refractivity contribution in [2.75, 3.05) is 19.8 Å². The smallest absolute Gasteiger partial charge is 0.245 e. The Hall–Kier alpha value is -1.10. The van der Waals surface area contributed by atoms with Crippen LogP contribution in [0.1, 0.15) is 44.9 Å². The highest BCUT2D eigenvalue weighted by Crippen LogP contribution is 2.29. The third-order valence-corrected chi connectivity index (χ3v) is 4.91. The van der Waals surface area contributed by atoms with Crippen LogP contribution in [0.2, 0.25) is 0 Å². The van der Waals surface area contributed by atoms with Crippen molar-refractivity contribution in [3.05, 3.63) is 0 Å². The predicted octanol–water partition coefficient (Wildman–Crippen LogP) is 1.07. The maximum absolute atomic E-state index is 12.8. The van der Waals surface area contributed by atoms with Crippen molar-refractivity contribution in [3.63, 3.8) is 0 Å². The van der Waals surface area contributed by atoms with Gasteiger partial charge in [-0.15, -0.1) is 0 Å². The number of nitrogens with one attached hydrogen (secondary N) is 1. The Balaban J connectivity index is 1.75. The minimum absolute atomic E-state index is 0.0235. The fourth-order valence-electron chi connectivity index (χ4n) is 3.74. The molecule has 1 aliphatic carbocycles. The molecule has 112 valence electrons. The molecule has 0 radical (unpaired) electrons. The van der Waals surface area contributed by atoms with Crippen LogP contribution in [-0.2, 0) is 14.3 Å². The summed E-state index contributed by atoms with van der Waals surface area (Å²) in [5.74, 6) is 0.469. The number of amides is 2. The van der Waals surface area contributed by atoms with Gasteiger partial charge in [-0.25, -0.2) is 0 Å². The van der Waals surface area contributed by atoms with Crippen LogP contribution in [0, 0.1) is 5.92 Å². The van der Waals surface area contributed by atoms with Crippen LogP contribution in [0.15, 0.2) is 0 Å². The monoisotopic (exact) mass is 280 g/mol. The van der Waals surface area contributed by atoms with Crippen molar-refractivity contribution in [3.8, 4) is 0 Å². The van der Waals surface area contributed by atoms with Crippen molar-refractivity contribution in [1.82, 2.24) is 10.2 Å². The average molecular weight is 280 g/mol. The lowest BCUT2D eigenvalue weighted by molar-refractivity contribution is -0.137. The Morgan fingerprint density at radius 2 is 1.90 bits per heavy atom. The second-order valence-corrected chi connectivity index (χ2v) is 6.24. The van der Waals surface area contributed by atoms with E-state index in [9.17, 15) is 9.59 Å². The molecule has 0 spiro atoms. The van der Waals surface area contributed by atoms with E-state index in [1.807, 2.05) is 4.90 Å². The first-order valence-electron chi connectivity index (χ1n) is 7.93. The Kier molecular flexibility index (Phi) is 4.24. The van der Waals surface area contributed by atoms with Crippen LogP contribution in [0.4, 0.5) is 0 Å². The minimum atomic E-state index is -0.300. The molecule has 3 rings (SSSR count). The molecule has 0 aromatic carbocycles. The van der Waals surface area contributed by atoms with Crippen LogP contribution in [0.3, 0.4) is 0 Å². The lowest BCUT2D eigenvalue weighted by Crippen LogP contribution is -2.52. The Labute approximate surface area is 120 Å². The first kappa shape index (κ1) is 13.9. The van der Waals surface area contributed by atoms with Crippen molar-refractivity contribution < 1.29 is 14.3 Å². The lowest BCUT2D eigenvalue weighted by atomic mass is 9.83. The van der Waals surface area contributed by atoms with Gasteiger partial charge in [-0.2, -0.15) is 0 Å². The molecule has 1 saturated carbocycles. The average Bonchev–Trinajstić information content (AvgIpc) is 2.95. The molecule has 1 N–H and O–H groups in total. The molecule has 0 aromatic heterocycles. The number of carbonyl (C=O) groups excluding carboxylic acids is 2. The van der Waals surface area contributed by atoms with Crippen LogP contribution in [0.5, 0.6) is 0 Å². The van der Waals surface area contributed by atoms with Crippen molar-refractivity contribution >= 4 is 11.8 Å². The normalized spacial score (nSPS) is 33.1. The molecule has 2 unspecified atom stereocenters. The van der Waals surface area contributed by atoms with E-state index < -0.39 is 0 Å². The SMILES string of the molecule is O=C1CCN(C2CCOC2)C(=O)C(C2CCCCC2)N1. The molecule has 5 heteroatoms. The summed E-state index contributed by atoms with van der Waals surface area (Å²) in [4.78, 5) is 26.7. The molecule has 2 saturated heterocycles. The lowest BCUT2D eigenvalue weighted by Gasteiger charge is -2.33. The molecule has 0 bridgehead atoms. The maximum Gasteiger partial charge on any atom is 0.245 e. The summed E-state index contributed by atoms with van der Waals surface area (Å²) in [5, 5.41) is 2.98. The van der Waals surface area contributed by atoms with Gasteiger partial charge in [-0.3, -0.25) is 9.59 Å². The second-order valence-electron chi connectivity index (χ2n) is 6.24. The fraction of sp³-hybridized carbons (Fsp3) is 0.867. The fourth-order valence-corrected chi connectivity index (χ4v) is 3.74. The topological polar surface area (TPSA) is 58.6 Å². The third kappa shape index (κ3) is 2.82. The molecule has 2 atom stereocenters. The summed E-state index contributed by atoms with van der Waals surface area (Å²) < 4.78 is 5.41. The molecular weight excluding hydrogens is 256 g/mol. The highest BCUT2D eigenvalue weighted by atomic mass is 16.5. The van der Waals surface area contributed by atoms with E-state index in [0.717, 1.165) is 25.9 Å². The summed E-state index contributed by atoms with van der Waals surface area (Å²) in [7, 11) is 0. The molecule has 2 aliphatic heterocycles. The van der Waals surface area contributed by atoms with Gasteiger partial charge >= 0.3 is 0 Å². The third-order valence-electron chi connectivity index (χ3n) is 4.91. The van der Waals surface area contributed by atoms with Crippen LogP contribution in [0.25, 0.3) is 0 Å². The largest absolute Gasteiger partial charge is 0.379 e. The number of carbonyl (C=O) groups is 2. The van der Waals surface area contributed by atoms with E-state index in [4.69, 9.17) is 4.74 Å². The quantitative estimate of drug-likeness (QED) is 0.823. The summed E-state index contributed by atoms with van der Waals surface area (Å²) in [6, 6.07) is -0.132. The van der Waals surface area contributed by atoms with Gasteiger partial charge < -0.3 is 15.0 Å². The number of hydrogen-bond donors (Lipinski definition) is 1. The Bertz CT molecular complexity index is 373.